The number of imidazole rings is 1. The van der Waals surface area contributed by atoms with Crippen molar-refractivity contribution in [3.8, 4) is 22.6 Å². The molecule has 0 spiro atoms. The van der Waals surface area contributed by atoms with Crippen LogP contribution in [0.5, 0.6) is 11.5 Å². The van der Waals surface area contributed by atoms with Gasteiger partial charge in [-0.1, -0.05) is 103 Å². The smallest absolute Gasteiger partial charge is 0.409 e. The minimum Gasteiger partial charge on any atom is -0.497 e. The van der Waals surface area contributed by atoms with Crippen LogP contribution in [0.25, 0.3) is 22.3 Å². The van der Waals surface area contributed by atoms with Crippen molar-refractivity contribution in [3.05, 3.63) is 168 Å². The van der Waals surface area contributed by atoms with Crippen molar-refractivity contribution in [1.29, 1.82) is 0 Å². The average Bonchev–Trinajstić information content (AvgIpc) is 3.91. The molecule has 14 nitrogen and oxygen atoms in total. The molecule has 0 fully saturated rings. The third-order valence-electron chi connectivity index (χ3n) is 11.8. The van der Waals surface area contributed by atoms with Crippen LogP contribution in [-0.4, -0.2) is 94.8 Å². The molecule has 0 saturated heterocycles. The normalized spacial score (nSPS) is 13.1. The van der Waals surface area contributed by atoms with E-state index in [9.17, 15) is 14.7 Å². The van der Waals surface area contributed by atoms with Crippen LogP contribution < -0.4 is 14.8 Å². The molecule has 2 amide bonds. The Balaban J connectivity index is 0.890. The number of nitrogens with one attached hydrogen (secondary N) is 1. The van der Waals surface area contributed by atoms with Gasteiger partial charge < -0.3 is 39.0 Å². The van der Waals surface area contributed by atoms with Gasteiger partial charge in [0.1, 0.15) is 42.9 Å². The summed E-state index contributed by atoms with van der Waals surface area (Å²) in [5.41, 5.74) is 6.83. The van der Waals surface area contributed by atoms with E-state index in [2.05, 4.69) is 44.5 Å². The molecule has 8 rings (SSSR count). The number of aliphatic hydroxyl groups excluding tert-OH is 1. The predicted octanol–water partition coefficient (Wildman–Crippen LogP) is 8.18. The van der Waals surface area contributed by atoms with Crippen molar-refractivity contribution in [3.63, 3.8) is 0 Å². The van der Waals surface area contributed by atoms with E-state index in [0.29, 0.717) is 35.6 Å². The summed E-state index contributed by atoms with van der Waals surface area (Å²) in [5.74, 6) is 1.31. The summed E-state index contributed by atoms with van der Waals surface area (Å²) < 4.78 is 31.7. The molecular weight excluding hydrogens is 825 g/mol. The maximum absolute atomic E-state index is 13.1. The summed E-state index contributed by atoms with van der Waals surface area (Å²) in [6.45, 7) is 2.14. The van der Waals surface area contributed by atoms with Crippen LogP contribution in [0.2, 0.25) is 0 Å². The number of fused-ring (bicyclic) bond motifs is 4. The first-order valence-electron chi connectivity index (χ1n) is 21.5. The summed E-state index contributed by atoms with van der Waals surface area (Å²) >= 11 is 0. The number of carbonyl (C=O) groups excluding carboxylic acids is 2. The molecule has 7 aromatic rings. The lowest BCUT2D eigenvalue weighted by atomic mass is 9.80. The second-order valence-corrected chi connectivity index (χ2v) is 15.9. The molecule has 2 aromatic heterocycles. The highest BCUT2D eigenvalue weighted by Crippen LogP contribution is 2.45. The molecule has 0 bridgehead atoms. The highest BCUT2D eigenvalue weighted by molar-refractivity contribution is 5.96. The Kier molecular flexibility index (Phi) is 13.8. The van der Waals surface area contributed by atoms with E-state index in [1.54, 1.807) is 39.1 Å². The van der Waals surface area contributed by atoms with Crippen LogP contribution in [0.15, 0.2) is 140 Å². The van der Waals surface area contributed by atoms with Crippen LogP contribution in [0.1, 0.15) is 53.5 Å². The van der Waals surface area contributed by atoms with Gasteiger partial charge in [0.2, 0.25) is 5.91 Å². The zero-order chi connectivity index (χ0) is 45.3. The highest BCUT2D eigenvalue weighted by atomic mass is 16.6. The van der Waals surface area contributed by atoms with Crippen molar-refractivity contribution in [2.24, 2.45) is 0 Å². The average molecular weight is 877 g/mol. The summed E-state index contributed by atoms with van der Waals surface area (Å²) in [7, 11) is 4.91. The molecular formula is C51H52N6O8. The molecule has 2 heterocycles. The number of carbonyl (C=O) groups is 2. The molecule has 14 heteroatoms. The van der Waals surface area contributed by atoms with Crippen molar-refractivity contribution >= 4 is 29.0 Å². The fraction of sp³-hybridized carbons (Fsp3) is 0.275. The van der Waals surface area contributed by atoms with Gasteiger partial charge in [-0.25, -0.2) is 19.7 Å². The highest BCUT2D eigenvalue weighted by Gasteiger charge is 2.39. The lowest BCUT2D eigenvalue weighted by Crippen LogP contribution is -2.39. The van der Waals surface area contributed by atoms with Crippen molar-refractivity contribution in [1.82, 2.24) is 24.4 Å². The molecule has 1 aliphatic rings. The van der Waals surface area contributed by atoms with Gasteiger partial charge >= 0.3 is 6.09 Å². The van der Waals surface area contributed by atoms with Gasteiger partial charge in [-0.2, -0.15) is 0 Å². The SMILES string of the molecule is COc1ccc(C(OC[C@@H](OCn2cnc3c(NC(=O)CCCN(C)C(=O)OCC4c5ccccc5-c5ccccc54)ncnc32)C(C)O)(c2ccccc2)c2ccc(OC)cc2)cc1. The Labute approximate surface area is 377 Å². The van der Waals surface area contributed by atoms with Crippen LogP contribution in [-0.2, 0) is 31.3 Å². The van der Waals surface area contributed by atoms with Crippen molar-refractivity contribution < 1.29 is 38.4 Å². The van der Waals surface area contributed by atoms with Crippen LogP contribution in [0, 0.1) is 0 Å². The lowest BCUT2D eigenvalue weighted by molar-refractivity contribution is -0.119. The molecule has 0 radical (unpaired) electrons. The van der Waals surface area contributed by atoms with E-state index in [1.807, 2.05) is 103 Å². The van der Waals surface area contributed by atoms with Gasteiger partial charge in [0, 0.05) is 25.9 Å². The number of aromatic nitrogens is 4. The van der Waals surface area contributed by atoms with Crippen LogP contribution >= 0.6 is 0 Å². The Hall–Kier alpha value is -7.13. The van der Waals surface area contributed by atoms with Crippen molar-refractivity contribution in [2.45, 2.75) is 50.2 Å². The first-order chi connectivity index (χ1) is 31.7. The number of nitrogens with zero attached hydrogens (tertiary/aromatic N) is 5. The largest absolute Gasteiger partial charge is 0.497 e. The zero-order valence-electron chi connectivity index (χ0n) is 36.8. The van der Waals surface area contributed by atoms with Gasteiger partial charge in [0.05, 0.1) is 33.3 Å². The molecule has 65 heavy (non-hydrogen) atoms. The zero-order valence-corrected chi connectivity index (χ0v) is 36.8. The quantitative estimate of drug-likeness (QED) is 0.0755. The van der Waals surface area contributed by atoms with E-state index >= 15 is 0 Å². The fourth-order valence-corrected chi connectivity index (χ4v) is 8.32. The minimum atomic E-state index is -1.12. The Morgan fingerprint density at radius 2 is 1.37 bits per heavy atom. The molecule has 2 atom stereocenters. The summed E-state index contributed by atoms with van der Waals surface area (Å²) in [6, 6.07) is 41.7. The maximum Gasteiger partial charge on any atom is 0.409 e. The number of methoxy groups -OCH3 is 2. The fourth-order valence-electron chi connectivity index (χ4n) is 8.32. The van der Waals surface area contributed by atoms with E-state index in [1.165, 1.54) is 11.2 Å². The van der Waals surface area contributed by atoms with Crippen LogP contribution in [0.4, 0.5) is 10.6 Å². The second kappa shape index (κ2) is 20.1. The first-order valence-corrected chi connectivity index (χ1v) is 21.5. The monoisotopic (exact) mass is 876 g/mol. The predicted molar refractivity (Wildman–Crippen MR) is 246 cm³/mol. The van der Waals surface area contributed by atoms with Gasteiger partial charge in [-0.05, 0) is 76.6 Å². The van der Waals surface area contributed by atoms with Gasteiger partial charge in [0.15, 0.2) is 17.0 Å². The van der Waals surface area contributed by atoms with Gasteiger partial charge in [-0.15, -0.1) is 0 Å². The second-order valence-electron chi connectivity index (χ2n) is 15.9. The van der Waals surface area contributed by atoms with Gasteiger partial charge in [0.25, 0.3) is 0 Å². The number of hydrogen-bond acceptors (Lipinski definition) is 11. The van der Waals surface area contributed by atoms with Crippen LogP contribution in [0.3, 0.4) is 0 Å². The molecule has 1 unspecified atom stereocenters. The Bertz CT molecular complexity index is 2620. The topological polar surface area (TPSA) is 159 Å². The molecule has 1 aliphatic carbocycles. The minimum absolute atomic E-state index is 0.00990. The third-order valence-corrected chi connectivity index (χ3v) is 11.8. The van der Waals surface area contributed by atoms with Gasteiger partial charge in [-0.3, -0.25) is 9.36 Å². The van der Waals surface area contributed by atoms with E-state index in [4.69, 9.17) is 23.7 Å². The third kappa shape index (κ3) is 9.55. The number of rotatable bonds is 19. The summed E-state index contributed by atoms with van der Waals surface area (Å²) in [6.07, 6.45) is 1.23. The summed E-state index contributed by atoms with van der Waals surface area (Å²) in [4.78, 5) is 40.8. The molecule has 334 valence electrons. The molecule has 5 aromatic carbocycles. The lowest BCUT2D eigenvalue weighted by Gasteiger charge is -2.37. The number of aliphatic hydroxyl groups is 1. The maximum atomic E-state index is 13.1. The number of anilines is 1. The molecule has 2 N–H and O–H groups in total. The Morgan fingerprint density at radius 1 is 0.785 bits per heavy atom. The Morgan fingerprint density at radius 3 is 1.97 bits per heavy atom. The first kappa shape index (κ1) is 44.5. The van der Waals surface area contributed by atoms with Crippen molar-refractivity contribution in [2.75, 3.05) is 46.3 Å². The number of amides is 2. The number of benzene rings is 5. The number of ether oxygens (including phenoxy) is 5. The van der Waals surface area contributed by atoms with E-state index < -0.39 is 23.9 Å². The van der Waals surface area contributed by atoms with E-state index in [-0.39, 0.29) is 44.0 Å². The standard InChI is InChI=1S/C51H52N6O8/c1-34(58)45(30-65-51(35-13-6-5-7-14-35,36-20-24-38(61-3)25-21-36)37-22-26-39(62-4)27-23-37)64-33-57-32-54-47-48(52-31-53-49(47)57)55-46(59)19-12-28-56(2)50(60)63-29-44-42-17-10-8-15-40(42)41-16-9-11-18-43(41)44/h5-11,13-18,20-27,31-32,34,44-45,58H,12,19,28-30,33H2,1-4H3,(H,52,53,55,59)/t34?,45-/m1/s1. The van der Waals surface area contributed by atoms with E-state index in [0.717, 1.165) is 38.9 Å². The molecule has 0 saturated carbocycles. The summed E-state index contributed by atoms with van der Waals surface area (Å²) in [5, 5.41) is 13.9. The molecule has 0 aliphatic heterocycles. The number of hydrogen-bond donors (Lipinski definition) is 2.